The Labute approximate surface area is 189 Å². The lowest BCUT2D eigenvalue weighted by atomic mass is 9.85. The first-order chi connectivity index (χ1) is 15.0. The summed E-state index contributed by atoms with van der Waals surface area (Å²) in [6, 6.07) is 13.2. The normalized spacial score (nSPS) is 23.6. The van der Waals surface area contributed by atoms with Crippen molar-refractivity contribution in [3.05, 3.63) is 59.7 Å². The fraction of sp³-hybridized carbons (Fsp3) is 0.435. The van der Waals surface area contributed by atoms with Gasteiger partial charge < -0.3 is 14.7 Å². The van der Waals surface area contributed by atoms with Crippen molar-refractivity contribution in [2.75, 3.05) is 19.6 Å². The highest BCUT2D eigenvalue weighted by molar-refractivity contribution is 8.00. The molecule has 1 N–H and O–H groups in total. The number of halogens is 3. The van der Waals surface area contributed by atoms with E-state index in [0.29, 0.717) is 30.9 Å². The Bertz CT molecular complexity index is 984. The van der Waals surface area contributed by atoms with Crippen molar-refractivity contribution in [2.45, 2.75) is 48.5 Å². The number of alkyl halides is 3. The minimum absolute atomic E-state index is 0.00748. The van der Waals surface area contributed by atoms with E-state index in [1.54, 1.807) is 18.7 Å². The van der Waals surface area contributed by atoms with Crippen LogP contribution in [0.1, 0.15) is 31.0 Å². The third-order valence-corrected chi connectivity index (χ3v) is 6.56. The molecule has 1 amide bonds. The van der Waals surface area contributed by atoms with Crippen molar-refractivity contribution in [1.29, 1.82) is 0 Å². The zero-order chi connectivity index (χ0) is 23.1. The van der Waals surface area contributed by atoms with Crippen molar-refractivity contribution >= 4 is 17.7 Å². The summed E-state index contributed by atoms with van der Waals surface area (Å²) in [5, 5.41) is 11.1. The number of benzene rings is 2. The van der Waals surface area contributed by atoms with Crippen LogP contribution in [-0.2, 0) is 11.3 Å². The molecule has 2 heterocycles. The fourth-order valence-corrected chi connectivity index (χ4v) is 4.88. The van der Waals surface area contributed by atoms with Gasteiger partial charge in [-0.25, -0.2) is 0 Å². The highest BCUT2D eigenvalue weighted by atomic mass is 32.2. The summed E-state index contributed by atoms with van der Waals surface area (Å²) in [5.41, 5.74) is -3.94. The molecule has 2 aromatic rings. The van der Waals surface area contributed by atoms with Crippen molar-refractivity contribution in [3.63, 3.8) is 0 Å². The Morgan fingerprint density at radius 3 is 2.53 bits per heavy atom. The van der Waals surface area contributed by atoms with Crippen molar-refractivity contribution < 1.29 is 27.8 Å². The van der Waals surface area contributed by atoms with Gasteiger partial charge in [0.15, 0.2) is 0 Å². The standard InChI is InChI=1S/C23H25F3N2O3S/c1-22(2)21(30)20(17-12-16(32-23(24,25)26)8-9-18(17)31-22)28-11-10-27(14-19(28)29)13-15-6-4-3-5-7-15/h3-9,12,20-21,30H,10-11,13-14H2,1-2H3/t20-,21+/m1/s1. The van der Waals surface area contributed by atoms with Gasteiger partial charge in [0.25, 0.3) is 0 Å². The number of nitrogens with zero attached hydrogens (tertiary/aromatic N) is 2. The Morgan fingerprint density at radius 2 is 1.88 bits per heavy atom. The van der Waals surface area contributed by atoms with E-state index < -0.39 is 23.3 Å². The molecule has 0 bridgehead atoms. The Balaban J connectivity index is 1.59. The van der Waals surface area contributed by atoms with Gasteiger partial charge in [0.05, 0.1) is 12.6 Å². The molecular weight excluding hydrogens is 441 g/mol. The van der Waals surface area contributed by atoms with E-state index in [1.165, 1.54) is 18.2 Å². The second-order valence-electron chi connectivity index (χ2n) is 8.63. The lowest BCUT2D eigenvalue weighted by Gasteiger charge is -2.48. The van der Waals surface area contributed by atoms with Gasteiger partial charge in [-0.1, -0.05) is 30.3 Å². The Kier molecular flexibility index (Phi) is 6.17. The summed E-state index contributed by atoms with van der Waals surface area (Å²) in [6.45, 7) is 5.18. The van der Waals surface area contributed by atoms with Crippen LogP contribution in [0, 0.1) is 0 Å². The number of carbonyl (C=O) groups excluding carboxylic acids is 1. The predicted octanol–water partition coefficient (Wildman–Crippen LogP) is 4.22. The summed E-state index contributed by atoms with van der Waals surface area (Å²) in [6.07, 6.45) is -1.09. The molecule has 172 valence electrons. The summed E-state index contributed by atoms with van der Waals surface area (Å²) in [5.74, 6) is 0.213. The zero-order valence-electron chi connectivity index (χ0n) is 17.8. The van der Waals surface area contributed by atoms with E-state index >= 15 is 0 Å². The second-order valence-corrected chi connectivity index (χ2v) is 9.76. The second kappa shape index (κ2) is 8.61. The van der Waals surface area contributed by atoms with E-state index in [-0.39, 0.29) is 29.1 Å². The first kappa shape index (κ1) is 22.9. The molecular formula is C23H25F3N2O3S. The van der Waals surface area contributed by atoms with Gasteiger partial charge in [0, 0.05) is 30.1 Å². The highest BCUT2D eigenvalue weighted by Crippen LogP contribution is 2.46. The summed E-state index contributed by atoms with van der Waals surface area (Å²) < 4.78 is 44.6. The monoisotopic (exact) mass is 466 g/mol. The lowest BCUT2D eigenvalue weighted by Crippen LogP contribution is -2.59. The molecule has 32 heavy (non-hydrogen) atoms. The molecule has 0 radical (unpaired) electrons. The van der Waals surface area contributed by atoms with Gasteiger partial charge in [-0.15, -0.1) is 0 Å². The third kappa shape index (κ3) is 4.89. The third-order valence-electron chi connectivity index (χ3n) is 5.84. The van der Waals surface area contributed by atoms with Gasteiger partial charge >= 0.3 is 5.51 Å². The number of aliphatic hydroxyl groups excluding tert-OH is 1. The molecule has 1 saturated heterocycles. The topological polar surface area (TPSA) is 53.0 Å². The SMILES string of the molecule is CC1(C)Oc2ccc(SC(F)(F)F)cc2[C@@H](N2CCN(Cc3ccccc3)CC2=O)[C@@H]1O. The number of fused-ring (bicyclic) bond motifs is 1. The first-order valence-electron chi connectivity index (χ1n) is 10.4. The minimum atomic E-state index is -4.43. The molecule has 4 rings (SSSR count). The van der Waals surface area contributed by atoms with Crippen LogP contribution in [0.4, 0.5) is 13.2 Å². The molecule has 0 saturated carbocycles. The molecule has 9 heteroatoms. The molecule has 1 fully saturated rings. The van der Waals surface area contributed by atoms with Crippen molar-refractivity contribution in [1.82, 2.24) is 9.80 Å². The maximum Gasteiger partial charge on any atom is 0.446 e. The van der Waals surface area contributed by atoms with Crippen LogP contribution in [0.15, 0.2) is 53.4 Å². The Hall–Kier alpha value is -2.23. The quantitative estimate of drug-likeness (QED) is 0.684. The number of carbonyl (C=O) groups is 1. The van der Waals surface area contributed by atoms with E-state index in [4.69, 9.17) is 4.74 Å². The van der Waals surface area contributed by atoms with Crippen LogP contribution >= 0.6 is 11.8 Å². The number of hydrogen-bond donors (Lipinski definition) is 1. The number of amides is 1. The highest BCUT2D eigenvalue weighted by Gasteiger charge is 2.47. The van der Waals surface area contributed by atoms with E-state index in [9.17, 15) is 23.1 Å². The van der Waals surface area contributed by atoms with Gasteiger partial charge in [-0.05, 0) is 49.4 Å². The van der Waals surface area contributed by atoms with Crippen LogP contribution in [0.5, 0.6) is 5.75 Å². The van der Waals surface area contributed by atoms with Crippen molar-refractivity contribution in [2.24, 2.45) is 0 Å². The molecule has 2 aliphatic heterocycles. The largest absolute Gasteiger partial charge is 0.485 e. The summed E-state index contributed by atoms with van der Waals surface area (Å²) >= 11 is -0.223. The number of rotatable bonds is 4. The fourth-order valence-electron chi connectivity index (χ4n) is 4.29. The maximum atomic E-state index is 13.1. The number of piperazine rings is 1. The molecule has 0 spiro atoms. The maximum absolute atomic E-state index is 13.1. The van der Waals surface area contributed by atoms with E-state index in [0.717, 1.165) is 5.56 Å². The van der Waals surface area contributed by atoms with Gasteiger partial charge in [-0.2, -0.15) is 13.2 Å². The number of hydrogen-bond acceptors (Lipinski definition) is 5. The van der Waals surface area contributed by atoms with Crippen molar-refractivity contribution in [3.8, 4) is 5.75 Å². The zero-order valence-corrected chi connectivity index (χ0v) is 18.6. The van der Waals surface area contributed by atoms with Gasteiger partial charge in [0.1, 0.15) is 17.5 Å². The average Bonchev–Trinajstić information content (AvgIpc) is 2.70. The summed E-state index contributed by atoms with van der Waals surface area (Å²) in [7, 11) is 0. The molecule has 5 nitrogen and oxygen atoms in total. The van der Waals surface area contributed by atoms with Gasteiger partial charge in [-0.3, -0.25) is 9.69 Å². The predicted molar refractivity (Wildman–Crippen MR) is 115 cm³/mol. The molecule has 2 aromatic carbocycles. The molecule has 2 atom stereocenters. The summed E-state index contributed by atoms with van der Waals surface area (Å²) in [4.78, 5) is 16.7. The van der Waals surface area contributed by atoms with Crippen LogP contribution < -0.4 is 4.74 Å². The number of thioether (sulfide) groups is 1. The van der Waals surface area contributed by atoms with Gasteiger partial charge in [0.2, 0.25) is 5.91 Å². The molecule has 0 aliphatic carbocycles. The van der Waals surface area contributed by atoms with E-state index in [1.807, 2.05) is 35.2 Å². The average molecular weight is 467 g/mol. The first-order valence-corrected chi connectivity index (χ1v) is 11.2. The smallest absolute Gasteiger partial charge is 0.446 e. The van der Waals surface area contributed by atoms with Crippen LogP contribution in [0.3, 0.4) is 0 Å². The van der Waals surface area contributed by atoms with Crippen LogP contribution in [-0.4, -0.2) is 57.7 Å². The molecule has 0 aromatic heterocycles. The minimum Gasteiger partial charge on any atom is -0.485 e. The molecule has 0 unspecified atom stereocenters. The van der Waals surface area contributed by atoms with E-state index in [2.05, 4.69) is 0 Å². The van der Waals surface area contributed by atoms with Crippen LogP contribution in [0.25, 0.3) is 0 Å². The number of ether oxygens (including phenoxy) is 1. The van der Waals surface area contributed by atoms with Crippen LogP contribution in [0.2, 0.25) is 0 Å². The number of aliphatic hydroxyl groups is 1. The Morgan fingerprint density at radius 1 is 1.16 bits per heavy atom. The molecule has 2 aliphatic rings. The lowest BCUT2D eigenvalue weighted by molar-refractivity contribution is -0.150.